The van der Waals surface area contributed by atoms with E-state index in [4.69, 9.17) is 0 Å². The van der Waals surface area contributed by atoms with Gasteiger partial charge in [-0.1, -0.05) is 0 Å². The van der Waals surface area contributed by atoms with Crippen molar-refractivity contribution in [2.75, 3.05) is 31.4 Å². The Hall–Kier alpha value is -1.36. The van der Waals surface area contributed by atoms with Crippen LogP contribution in [0, 0.1) is 0 Å². The van der Waals surface area contributed by atoms with Crippen molar-refractivity contribution in [2.45, 2.75) is 37.8 Å². The Balaban J connectivity index is 1.92. The molecule has 5 heteroatoms. The number of rotatable bonds is 4. The lowest BCUT2D eigenvalue weighted by atomic mass is 9.91. The van der Waals surface area contributed by atoms with E-state index in [0.717, 1.165) is 11.8 Å². The molecule has 2 rings (SSSR count). The minimum Gasteiger partial charge on any atom is -0.367 e. The molecule has 1 saturated carbocycles. The van der Waals surface area contributed by atoms with Gasteiger partial charge >= 0.3 is 0 Å². The Kier molecular flexibility index (Phi) is 4.36. The first kappa shape index (κ1) is 13.1. The standard InChI is InChI=1S/C13H23N5/c1-14-10-4-6-11(7-5-10)16-12-8-9-15-13(17-12)18(2)3/h8-11,14H,4-7H2,1-3H3,(H,15,16,17). The maximum atomic E-state index is 4.49. The molecule has 0 bridgehead atoms. The SMILES string of the molecule is CNC1CCC(Nc2ccnc(N(C)C)n2)CC1. The molecular weight excluding hydrogens is 226 g/mol. The molecule has 1 aliphatic rings. The summed E-state index contributed by atoms with van der Waals surface area (Å²) in [5.74, 6) is 1.69. The predicted molar refractivity (Wildman–Crippen MR) is 75.1 cm³/mol. The number of hydrogen-bond acceptors (Lipinski definition) is 5. The highest BCUT2D eigenvalue weighted by Crippen LogP contribution is 2.21. The van der Waals surface area contributed by atoms with Crippen LogP contribution in [0.2, 0.25) is 0 Å². The van der Waals surface area contributed by atoms with E-state index in [1.807, 2.05) is 38.3 Å². The molecule has 1 aromatic rings. The Morgan fingerprint density at radius 3 is 2.44 bits per heavy atom. The van der Waals surface area contributed by atoms with Crippen molar-refractivity contribution in [1.82, 2.24) is 15.3 Å². The van der Waals surface area contributed by atoms with Gasteiger partial charge < -0.3 is 15.5 Å². The van der Waals surface area contributed by atoms with E-state index in [1.54, 1.807) is 0 Å². The van der Waals surface area contributed by atoms with E-state index in [1.165, 1.54) is 25.7 Å². The summed E-state index contributed by atoms with van der Waals surface area (Å²) in [6, 6.07) is 3.17. The van der Waals surface area contributed by atoms with Gasteiger partial charge in [0.15, 0.2) is 0 Å². The Morgan fingerprint density at radius 1 is 1.17 bits per heavy atom. The van der Waals surface area contributed by atoms with E-state index in [0.29, 0.717) is 12.1 Å². The highest BCUT2D eigenvalue weighted by Gasteiger charge is 2.20. The second kappa shape index (κ2) is 6.00. The molecule has 2 N–H and O–H groups in total. The Morgan fingerprint density at radius 2 is 1.83 bits per heavy atom. The van der Waals surface area contributed by atoms with E-state index < -0.39 is 0 Å². The summed E-state index contributed by atoms with van der Waals surface area (Å²) in [5.41, 5.74) is 0. The first-order chi connectivity index (χ1) is 8.69. The minimum absolute atomic E-state index is 0.541. The van der Waals surface area contributed by atoms with Gasteiger partial charge in [0, 0.05) is 32.4 Å². The summed E-state index contributed by atoms with van der Waals surface area (Å²) < 4.78 is 0. The van der Waals surface area contributed by atoms with E-state index in [9.17, 15) is 0 Å². The van der Waals surface area contributed by atoms with Crippen LogP contribution in [0.1, 0.15) is 25.7 Å². The molecule has 1 aromatic heterocycles. The second-order valence-electron chi connectivity index (χ2n) is 5.12. The first-order valence-electron chi connectivity index (χ1n) is 6.63. The van der Waals surface area contributed by atoms with Crippen molar-refractivity contribution in [3.05, 3.63) is 12.3 Å². The molecule has 0 radical (unpaired) electrons. The molecule has 0 amide bonds. The number of nitrogens with zero attached hydrogens (tertiary/aromatic N) is 3. The van der Waals surface area contributed by atoms with E-state index >= 15 is 0 Å². The summed E-state index contributed by atoms with van der Waals surface area (Å²) in [5, 5.41) is 6.87. The van der Waals surface area contributed by atoms with Crippen LogP contribution in [0.25, 0.3) is 0 Å². The molecule has 18 heavy (non-hydrogen) atoms. The molecule has 5 nitrogen and oxygen atoms in total. The molecule has 0 spiro atoms. The van der Waals surface area contributed by atoms with Crippen molar-refractivity contribution in [2.24, 2.45) is 0 Å². The average molecular weight is 249 g/mol. The zero-order chi connectivity index (χ0) is 13.0. The molecule has 0 unspecified atom stereocenters. The molecule has 0 saturated heterocycles. The zero-order valence-corrected chi connectivity index (χ0v) is 11.5. The molecule has 0 aliphatic heterocycles. The van der Waals surface area contributed by atoms with E-state index in [2.05, 4.69) is 20.6 Å². The van der Waals surface area contributed by atoms with Gasteiger partial charge in [0.05, 0.1) is 0 Å². The number of aromatic nitrogens is 2. The predicted octanol–water partition coefficient (Wildman–Crippen LogP) is 1.49. The summed E-state index contributed by atoms with van der Waals surface area (Å²) >= 11 is 0. The largest absolute Gasteiger partial charge is 0.367 e. The average Bonchev–Trinajstić information content (AvgIpc) is 2.40. The molecule has 0 atom stereocenters. The normalized spacial score (nSPS) is 23.7. The first-order valence-corrected chi connectivity index (χ1v) is 6.63. The summed E-state index contributed by atoms with van der Waals surface area (Å²) in [6.07, 6.45) is 6.68. The van der Waals surface area contributed by atoms with Crippen LogP contribution in [-0.2, 0) is 0 Å². The summed E-state index contributed by atoms with van der Waals surface area (Å²) in [4.78, 5) is 10.6. The topological polar surface area (TPSA) is 53.1 Å². The highest BCUT2D eigenvalue weighted by atomic mass is 15.2. The third kappa shape index (κ3) is 3.32. The van der Waals surface area contributed by atoms with Crippen LogP contribution in [0.15, 0.2) is 12.3 Å². The monoisotopic (exact) mass is 249 g/mol. The van der Waals surface area contributed by atoms with Gasteiger partial charge in [-0.3, -0.25) is 0 Å². The fourth-order valence-electron chi connectivity index (χ4n) is 2.38. The fourth-order valence-corrected chi connectivity index (χ4v) is 2.38. The number of anilines is 2. The van der Waals surface area contributed by atoms with Gasteiger partial charge in [0.2, 0.25) is 5.95 Å². The molecule has 1 fully saturated rings. The van der Waals surface area contributed by atoms with Crippen LogP contribution in [0.3, 0.4) is 0 Å². The van der Waals surface area contributed by atoms with Crippen molar-refractivity contribution < 1.29 is 0 Å². The van der Waals surface area contributed by atoms with Crippen LogP contribution in [0.5, 0.6) is 0 Å². The van der Waals surface area contributed by atoms with Gasteiger partial charge in [0.25, 0.3) is 0 Å². The minimum atomic E-state index is 0.541. The lowest BCUT2D eigenvalue weighted by molar-refractivity contribution is 0.371. The molecule has 1 heterocycles. The third-order valence-electron chi connectivity index (χ3n) is 3.53. The van der Waals surface area contributed by atoms with Gasteiger partial charge in [-0.2, -0.15) is 4.98 Å². The lowest BCUT2D eigenvalue weighted by Crippen LogP contribution is -2.35. The molecule has 0 aromatic carbocycles. The third-order valence-corrected chi connectivity index (χ3v) is 3.53. The quantitative estimate of drug-likeness (QED) is 0.846. The van der Waals surface area contributed by atoms with Crippen LogP contribution in [-0.4, -0.2) is 43.2 Å². The molecular formula is C13H23N5. The smallest absolute Gasteiger partial charge is 0.226 e. The van der Waals surface area contributed by atoms with Crippen LogP contribution >= 0.6 is 0 Å². The van der Waals surface area contributed by atoms with Crippen molar-refractivity contribution in [3.63, 3.8) is 0 Å². The van der Waals surface area contributed by atoms with Gasteiger partial charge in [0.1, 0.15) is 5.82 Å². The Labute approximate surface area is 109 Å². The van der Waals surface area contributed by atoms with Gasteiger partial charge in [-0.25, -0.2) is 4.98 Å². The molecule has 100 valence electrons. The second-order valence-corrected chi connectivity index (χ2v) is 5.12. The zero-order valence-electron chi connectivity index (χ0n) is 11.5. The molecule has 1 aliphatic carbocycles. The maximum absolute atomic E-state index is 4.49. The van der Waals surface area contributed by atoms with Crippen LogP contribution < -0.4 is 15.5 Å². The maximum Gasteiger partial charge on any atom is 0.226 e. The van der Waals surface area contributed by atoms with Crippen molar-refractivity contribution in [1.29, 1.82) is 0 Å². The Bertz CT molecular complexity index is 371. The van der Waals surface area contributed by atoms with Gasteiger partial charge in [-0.15, -0.1) is 0 Å². The summed E-state index contributed by atoms with van der Waals surface area (Å²) in [6.45, 7) is 0. The summed E-state index contributed by atoms with van der Waals surface area (Å²) in [7, 11) is 5.96. The van der Waals surface area contributed by atoms with Gasteiger partial charge in [-0.05, 0) is 38.8 Å². The van der Waals surface area contributed by atoms with Crippen molar-refractivity contribution in [3.8, 4) is 0 Å². The number of nitrogens with one attached hydrogen (secondary N) is 2. The lowest BCUT2D eigenvalue weighted by Gasteiger charge is -2.29. The number of hydrogen-bond donors (Lipinski definition) is 2. The van der Waals surface area contributed by atoms with Crippen LogP contribution in [0.4, 0.5) is 11.8 Å². The van der Waals surface area contributed by atoms with E-state index in [-0.39, 0.29) is 0 Å². The van der Waals surface area contributed by atoms with Crippen molar-refractivity contribution >= 4 is 11.8 Å². The highest BCUT2D eigenvalue weighted by molar-refractivity contribution is 5.41. The fraction of sp³-hybridized carbons (Fsp3) is 0.692.